The van der Waals surface area contributed by atoms with Crippen molar-refractivity contribution in [2.24, 2.45) is 5.92 Å². The third kappa shape index (κ3) is 2.52. The van der Waals surface area contributed by atoms with E-state index < -0.39 is 0 Å². The van der Waals surface area contributed by atoms with Gasteiger partial charge in [0.05, 0.1) is 0 Å². The highest BCUT2D eigenvalue weighted by Crippen LogP contribution is 2.36. The van der Waals surface area contributed by atoms with Gasteiger partial charge >= 0.3 is 0 Å². The Hall–Kier alpha value is -0.290. The Morgan fingerprint density at radius 1 is 1.33 bits per heavy atom. The second kappa shape index (κ2) is 5.00. The maximum Gasteiger partial charge on any atom is 0.0409 e. The number of halogens is 1. The molecule has 1 aromatic carbocycles. The van der Waals surface area contributed by atoms with Gasteiger partial charge in [0, 0.05) is 34.4 Å². The number of hydrogen-bond donors (Lipinski definition) is 1. The van der Waals surface area contributed by atoms with Gasteiger partial charge in [-0.25, -0.2) is 0 Å². The molecule has 2 unspecified atom stereocenters. The van der Waals surface area contributed by atoms with Crippen LogP contribution in [0.4, 0.5) is 5.69 Å². The van der Waals surface area contributed by atoms with Crippen LogP contribution in [0.15, 0.2) is 18.2 Å². The van der Waals surface area contributed by atoms with Gasteiger partial charge in [-0.2, -0.15) is 0 Å². The summed E-state index contributed by atoms with van der Waals surface area (Å²) in [6, 6.07) is 8.08. The largest absolute Gasteiger partial charge is 0.366 e. The Morgan fingerprint density at radius 2 is 2.11 bits per heavy atom. The van der Waals surface area contributed by atoms with Gasteiger partial charge in [0.1, 0.15) is 0 Å². The van der Waals surface area contributed by atoms with Crippen LogP contribution in [0.25, 0.3) is 0 Å². The molecule has 3 rings (SSSR count). The summed E-state index contributed by atoms with van der Waals surface area (Å²) < 4.78 is 1.34. The van der Waals surface area contributed by atoms with Crippen molar-refractivity contribution in [3.8, 4) is 0 Å². The van der Waals surface area contributed by atoms with E-state index in [0.29, 0.717) is 12.1 Å². The quantitative estimate of drug-likeness (QED) is 0.819. The van der Waals surface area contributed by atoms with Crippen molar-refractivity contribution in [2.75, 3.05) is 18.0 Å². The highest BCUT2D eigenvalue weighted by molar-refractivity contribution is 14.1. The number of nitrogens with one attached hydrogen (secondary N) is 1. The van der Waals surface area contributed by atoms with Gasteiger partial charge in [0.15, 0.2) is 0 Å². The summed E-state index contributed by atoms with van der Waals surface area (Å²) in [5, 5.41) is 3.72. The third-order valence-corrected chi connectivity index (χ3v) is 4.94. The number of nitrogens with zero attached hydrogens (tertiary/aromatic N) is 1. The molecular formula is C15H21IN2. The minimum atomic E-state index is 0.594. The summed E-state index contributed by atoms with van der Waals surface area (Å²) in [5.74, 6) is 0.933. The van der Waals surface area contributed by atoms with E-state index in [1.165, 1.54) is 34.2 Å². The van der Waals surface area contributed by atoms with E-state index in [2.05, 4.69) is 64.9 Å². The molecule has 1 aromatic rings. The molecule has 0 aromatic heterocycles. The molecule has 2 nitrogen and oxygen atoms in total. The lowest BCUT2D eigenvalue weighted by Crippen LogP contribution is -2.56. The van der Waals surface area contributed by atoms with Crippen LogP contribution in [0.3, 0.4) is 0 Å². The number of aryl methyl sites for hydroxylation is 1. The van der Waals surface area contributed by atoms with Crippen LogP contribution in [-0.2, 0) is 0 Å². The van der Waals surface area contributed by atoms with Gasteiger partial charge in [-0.05, 0) is 72.9 Å². The van der Waals surface area contributed by atoms with E-state index in [0.717, 1.165) is 12.5 Å². The normalized spacial score (nSPS) is 28.5. The summed E-state index contributed by atoms with van der Waals surface area (Å²) in [7, 11) is 0. The SMILES string of the molecule is Cc1ccc(I)cc1N1CC(C2CC2)NCC1C. The number of anilines is 1. The Morgan fingerprint density at radius 3 is 2.83 bits per heavy atom. The molecule has 1 N–H and O–H groups in total. The Labute approximate surface area is 123 Å². The van der Waals surface area contributed by atoms with Crippen molar-refractivity contribution in [2.45, 2.75) is 38.8 Å². The first-order chi connectivity index (χ1) is 8.65. The van der Waals surface area contributed by atoms with Crippen LogP contribution in [0.5, 0.6) is 0 Å². The molecule has 0 bridgehead atoms. The Kier molecular flexibility index (Phi) is 3.54. The lowest BCUT2D eigenvalue weighted by molar-refractivity contribution is 0.375. The number of rotatable bonds is 2. The molecule has 1 aliphatic carbocycles. The zero-order valence-electron chi connectivity index (χ0n) is 11.1. The van der Waals surface area contributed by atoms with E-state index in [1.54, 1.807) is 0 Å². The molecule has 0 radical (unpaired) electrons. The molecule has 2 atom stereocenters. The Bertz CT molecular complexity index is 442. The van der Waals surface area contributed by atoms with E-state index >= 15 is 0 Å². The van der Waals surface area contributed by atoms with Crippen LogP contribution in [-0.4, -0.2) is 25.2 Å². The van der Waals surface area contributed by atoms with Crippen LogP contribution in [0.2, 0.25) is 0 Å². The Balaban J connectivity index is 1.85. The summed E-state index contributed by atoms with van der Waals surface area (Å²) in [6.07, 6.45) is 2.84. The third-order valence-electron chi connectivity index (χ3n) is 4.27. The van der Waals surface area contributed by atoms with Crippen LogP contribution in [0, 0.1) is 16.4 Å². The monoisotopic (exact) mass is 356 g/mol. The van der Waals surface area contributed by atoms with Crippen molar-refractivity contribution in [3.05, 3.63) is 27.3 Å². The number of hydrogen-bond acceptors (Lipinski definition) is 2. The first-order valence-corrected chi connectivity index (χ1v) is 7.99. The molecule has 1 heterocycles. The van der Waals surface area contributed by atoms with Gasteiger partial charge < -0.3 is 10.2 Å². The van der Waals surface area contributed by atoms with Crippen molar-refractivity contribution in [1.82, 2.24) is 5.32 Å². The average Bonchev–Trinajstić information content (AvgIpc) is 3.17. The first-order valence-electron chi connectivity index (χ1n) is 6.91. The highest BCUT2D eigenvalue weighted by atomic mass is 127. The smallest absolute Gasteiger partial charge is 0.0409 e. The summed E-state index contributed by atoms with van der Waals surface area (Å²) in [5.41, 5.74) is 2.83. The average molecular weight is 356 g/mol. The molecule has 3 heteroatoms. The predicted molar refractivity (Wildman–Crippen MR) is 85.2 cm³/mol. The molecule has 0 amide bonds. The van der Waals surface area contributed by atoms with Gasteiger partial charge in [0.25, 0.3) is 0 Å². The lowest BCUT2D eigenvalue weighted by atomic mass is 10.0. The van der Waals surface area contributed by atoms with E-state index in [-0.39, 0.29) is 0 Å². The maximum absolute atomic E-state index is 3.72. The molecule has 1 saturated heterocycles. The van der Waals surface area contributed by atoms with E-state index in [1.807, 2.05) is 0 Å². The first kappa shape index (κ1) is 12.7. The molecular weight excluding hydrogens is 335 g/mol. The number of piperazine rings is 1. The highest BCUT2D eigenvalue weighted by Gasteiger charge is 2.36. The van der Waals surface area contributed by atoms with E-state index in [9.17, 15) is 0 Å². The van der Waals surface area contributed by atoms with Crippen molar-refractivity contribution in [3.63, 3.8) is 0 Å². The summed E-state index contributed by atoms with van der Waals surface area (Å²) >= 11 is 2.41. The standard InChI is InChI=1S/C15H21IN2/c1-10-3-6-13(16)7-15(10)18-9-14(12-4-5-12)17-8-11(18)2/h3,6-7,11-12,14,17H,4-5,8-9H2,1-2H3. The zero-order valence-corrected chi connectivity index (χ0v) is 13.3. The fraction of sp³-hybridized carbons (Fsp3) is 0.600. The number of benzene rings is 1. The zero-order chi connectivity index (χ0) is 12.7. The molecule has 1 saturated carbocycles. The molecule has 2 aliphatic rings. The van der Waals surface area contributed by atoms with Crippen LogP contribution >= 0.6 is 22.6 Å². The van der Waals surface area contributed by atoms with Gasteiger partial charge in [0.2, 0.25) is 0 Å². The van der Waals surface area contributed by atoms with Crippen molar-refractivity contribution in [1.29, 1.82) is 0 Å². The van der Waals surface area contributed by atoms with Crippen LogP contribution in [0.1, 0.15) is 25.3 Å². The lowest BCUT2D eigenvalue weighted by Gasteiger charge is -2.41. The fourth-order valence-corrected chi connectivity index (χ4v) is 3.41. The van der Waals surface area contributed by atoms with Crippen LogP contribution < -0.4 is 10.2 Å². The second-order valence-electron chi connectivity index (χ2n) is 5.78. The molecule has 0 spiro atoms. The predicted octanol–water partition coefficient (Wildman–Crippen LogP) is 3.18. The molecule has 98 valence electrons. The fourth-order valence-electron chi connectivity index (χ4n) is 2.93. The second-order valence-corrected chi connectivity index (χ2v) is 7.03. The van der Waals surface area contributed by atoms with Gasteiger partial charge in [-0.3, -0.25) is 0 Å². The summed E-state index contributed by atoms with van der Waals surface area (Å²) in [4.78, 5) is 2.61. The topological polar surface area (TPSA) is 15.3 Å². The molecule has 18 heavy (non-hydrogen) atoms. The van der Waals surface area contributed by atoms with Gasteiger partial charge in [-0.15, -0.1) is 0 Å². The maximum atomic E-state index is 3.72. The molecule has 2 fully saturated rings. The summed E-state index contributed by atoms with van der Waals surface area (Å²) in [6.45, 7) is 6.85. The minimum Gasteiger partial charge on any atom is -0.366 e. The van der Waals surface area contributed by atoms with Gasteiger partial charge in [-0.1, -0.05) is 6.07 Å². The molecule has 1 aliphatic heterocycles. The minimum absolute atomic E-state index is 0.594. The van der Waals surface area contributed by atoms with Crippen molar-refractivity contribution >= 4 is 28.3 Å². The van der Waals surface area contributed by atoms with Crippen molar-refractivity contribution < 1.29 is 0 Å². The van der Waals surface area contributed by atoms with E-state index in [4.69, 9.17) is 0 Å².